The average Bonchev–Trinajstić information content (AvgIpc) is 2.76. The number of hydrogen-bond acceptors (Lipinski definition) is 3. The molecule has 0 fully saturated rings. The molecule has 1 aromatic carbocycles. The minimum absolute atomic E-state index is 0.0307. The van der Waals surface area contributed by atoms with Gasteiger partial charge in [-0.3, -0.25) is 0 Å². The maximum Gasteiger partial charge on any atom is 0.127 e. The third-order valence-electron chi connectivity index (χ3n) is 3.07. The lowest BCUT2D eigenvalue weighted by Gasteiger charge is -2.19. The summed E-state index contributed by atoms with van der Waals surface area (Å²) in [4.78, 5) is 2.13. The molecule has 4 heteroatoms. The summed E-state index contributed by atoms with van der Waals surface area (Å²) >= 11 is 6.12. The Morgan fingerprint density at radius 1 is 1.56 bits per heavy atom. The zero-order valence-electron chi connectivity index (χ0n) is 10.7. The minimum Gasteiger partial charge on any atom is -0.493 e. The SMILES string of the molecule is CC(C#N)CN(C)Cc1cc(Cl)cc2c1OCC2. The fraction of sp³-hybridized carbons (Fsp3) is 0.500. The Bertz CT molecular complexity index is 481. The van der Waals surface area contributed by atoms with Crippen LogP contribution in [0.15, 0.2) is 12.1 Å². The molecule has 0 aliphatic carbocycles. The van der Waals surface area contributed by atoms with Crippen molar-refractivity contribution in [2.45, 2.75) is 19.9 Å². The van der Waals surface area contributed by atoms with Gasteiger partial charge in [-0.15, -0.1) is 0 Å². The van der Waals surface area contributed by atoms with Crippen molar-refractivity contribution in [3.05, 3.63) is 28.3 Å². The Morgan fingerprint density at radius 2 is 2.33 bits per heavy atom. The normalized spacial score (nSPS) is 15.1. The lowest BCUT2D eigenvalue weighted by atomic mass is 10.1. The van der Waals surface area contributed by atoms with Crippen molar-refractivity contribution < 1.29 is 4.74 Å². The predicted octanol–water partition coefficient (Wildman–Crippen LogP) is 2.87. The van der Waals surface area contributed by atoms with E-state index in [-0.39, 0.29) is 5.92 Å². The maximum atomic E-state index is 8.83. The highest BCUT2D eigenvalue weighted by atomic mass is 35.5. The van der Waals surface area contributed by atoms with Crippen molar-refractivity contribution in [2.24, 2.45) is 5.92 Å². The van der Waals surface area contributed by atoms with Crippen molar-refractivity contribution in [1.29, 1.82) is 5.26 Å². The molecule has 0 bridgehead atoms. The second kappa shape index (κ2) is 5.60. The molecule has 1 heterocycles. The molecule has 96 valence electrons. The first kappa shape index (κ1) is 13.2. The smallest absolute Gasteiger partial charge is 0.127 e. The average molecular weight is 265 g/mol. The molecule has 0 N–H and O–H groups in total. The summed E-state index contributed by atoms with van der Waals surface area (Å²) in [6.07, 6.45) is 0.932. The molecule has 3 nitrogen and oxygen atoms in total. The highest BCUT2D eigenvalue weighted by Crippen LogP contribution is 2.33. The van der Waals surface area contributed by atoms with Crippen molar-refractivity contribution in [3.63, 3.8) is 0 Å². The summed E-state index contributed by atoms with van der Waals surface area (Å²) in [7, 11) is 2.01. The summed E-state index contributed by atoms with van der Waals surface area (Å²) in [5.41, 5.74) is 2.31. The maximum absolute atomic E-state index is 8.83. The van der Waals surface area contributed by atoms with Crippen molar-refractivity contribution in [3.8, 4) is 11.8 Å². The first-order chi connectivity index (χ1) is 8.60. The van der Waals surface area contributed by atoms with Gasteiger partial charge in [-0.05, 0) is 31.7 Å². The largest absolute Gasteiger partial charge is 0.493 e. The molecule has 18 heavy (non-hydrogen) atoms. The van der Waals surface area contributed by atoms with Gasteiger partial charge in [0.25, 0.3) is 0 Å². The van der Waals surface area contributed by atoms with E-state index in [1.165, 1.54) is 5.56 Å². The molecule has 0 amide bonds. The number of ether oxygens (including phenoxy) is 1. The summed E-state index contributed by atoms with van der Waals surface area (Å²) < 4.78 is 5.67. The van der Waals surface area contributed by atoms with Gasteiger partial charge in [-0.1, -0.05) is 11.6 Å². The van der Waals surface area contributed by atoms with Gasteiger partial charge in [-0.2, -0.15) is 5.26 Å². The monoisotopic (exact) mass is 264 g/mol. The number of nitriles is 1. The molecule has 1 unspecified atom stereocenters. The van der Waals surface area contributed by atoms with Crippen LogP contribution >= 0.6 is 11.6 Å². The zero-order chi connectivity index (χ0) is 13.1. The van der Waals surface area contributed by atoms with Gasteiger partial charge in [0.2, 0.25) is 0 Å². The quantitative estimate of drug-likeness (QED) is 0.839. The summed E-state index contributed by atoms with van der Waals surface area (Å²) in [6.45, 7) is 4.17. The molecule has 0 radical (unpaired) electrons. The topological polar surface area (TPSA) is 36.3 Å². The zero-order valence-corrected chi connectivity index (χ0v) is 11.5. The van der Waals surface area contributed by atoms with Gasteiger partial charge in [0, 0.05) is 30.1 Å². The first-order valence-corrected chi connectivity index (χ1v) is 6.50. The predicted molar refractivity (Wildman–Crippen MR) is 71.8 cm³/mol. The summed E-state index contributed by atoms with van der Waals surface area (Å²) in [6, 6.07) is 6.18. The number of nitrogens with zero attached hydrogens (tertiary/aromatic N) is 2. The van der Waals surface area contributed by atoms with Crippen LogP contribution in [-0.2, 0) is 13.0 Å². The van der Waals surface area contributed by atoms with Gasteiger partial charge < -0.3 is 9.64 Å². The fourth-order valence-electron chi connectivity index (χ4n) is 2.33. The van der Waals surface area contributed by atoms with E-state index in [0.29, 0.717) is 0 Å². The van der Waals surface area contributed by atoms with E-state index in [4.69, 9.17) is 21.6 Å². The van der Waals surface area contributed by atoms with Crippen molar-refractivity contribution in [1.82, 2.24) is 4.90 Å². The molecule has 1 aliphatic heterocycles. The summed E-state index contributed by atoms with van der Waals surface area (Å²) in [5.74, 6) is 1.01. The fourth-order valence-corrected chi connectivity index (χ4v) is 2.59. The molecule has 2 rings (SSSR count). The molecule has 1 atom stereocenters. The van der Waals surface area contributed by atoms with E-state index in [9.17, 15) is 0 Å². The van der Waals surface area contributed by atoms with Crippen molar-refractivity contribution in [2.75, 3.05) is 20.2 Å². The van der Waals surface area contributed by atoms with E-state index in [2.05, 4.69) is 11.0 Å². The number of halogens is 1. The van der Waals surface area contributed by atoms with Gasteiger partial charge in [0.15, 0.2) is 0 Å². The van der Waals surface area contributed by atoms with Gasteiger partial charge in [-0.25, -0.2) is 0 Å². The number of fused-ring (bicyclic) bond motifs is 1. The Hall–Kier alpha value is -1.24. The molecule has 0 spiro atoms. The lowest BCUT2D eigenvalue weighted by Crippen LogP contribution is -2.23. The van der Waals surface area contributed by atoms with Gasteiger partial charge in [0.1, 0.15) is 5.75 Å². The van der Waals surface area contributed by atoms with Crippen LogP contribution in [0.1, 0.15) is 18.1 Å². The second-order valence-electron chi connectivity index (χ2n) is 4.88. The molecule has 1 aromatic rings. The molecular formula is C14H17ClN2O. The molecule has 0 saturated carbocycles. The van der Waals surface area contributed by atoms with Crippen LogP contribution in [0.4, 0.5) is 0 Å². The van der Waals surface area contributed by atoms with Gasteiger partial charge in [0.05, 0.1) is 18.6 Å². The van der Waals surface area contributed by atoms with Crippen LogP contribution in [0, 0.1) is 17.2 Å². The Balaban J connectivity index is 2.12. The Morgan fingerprint density at radius 3 is 3.06 bits per heavy atom. The van der Waals surface area contributed by atoms with E-state index < -0.39 is 0 Å². The van der Waals surface area contributed by atoms with Crippen molar-refractivity contribution >= 4 is 11.6 Å². The molecule has 1 aliphatic rings. The standard InChI is InChI=1S/C14H17ClN2O/c1-10(7-16)8-17(2)9-12-6-13(15)5-11-3-4-18-14(11)12/h5-6,10H,3-4,8-9H2,1-2H3. The van der Waals surface area contributed by atoms with Crippen LogP contribution in [0.25, 0.3) is 0 Å². The molecular weight excluding hydrogens is 248 g/mol. The first-order valence-electron chi connectivity index (χ1n) is 6.12. The highest BCUT2D eigenvalue weighted by Gasteiger charge is 2.18. The van der Waals surface area contributed by atoms with E-state index in [1.807, 2.05) is 26.1 Å². The highest BCUT2D eigenvalue weighted by molar-refractivity contribution is 6.30. The summed E-state index contributed by atoms with van der Waals surface area (Å²) in [5, 5.41) is 9.59. The molecule has 0 aromatic heterocycles. The van der Waals surface area contributed by atoms with Crippen LogP contribution in [-0.4, -0.2) is 25.1 Å². The lowest BCUT2D eigenvalue weighted by molar-refractivity contribution is 0.292. The van der Waals surface area contributed by atoms with Crippen LogP contribution in [0.3, 0.4) is 0 Å². The number of rotatable bonds is 4. The third-order valence-corrected chi connectivity index (χ3v) is 3.29. The van der Waals surface area contributed by atoms with E-state index in [0.717, 1.165) is 42.5 Å². The van der Waals surface area contributed by atoms with Crippen LogP contribution < -0.4 is 4.74 Å². The number of hydrogen-bond donors (Lipinski definition) is 0. The molecule has 0 saturated heterocycles. The Labute approximate surface area is 113 Å². The van der Waals surface area contributed by atoms with Crippen LogP contribution in [0.5, 0.6) is 5.75 Å². The van der Waals surface area contributed by atoms with E-state index in [1.54, 1.807) is 0 Å². The van der Waals surface area contributed by atoms with Crippen LogP contribution in [0.2, 0.25) is 5.02 Å². The second-order valence-corrected chi connectivity index (χ2v) is 5.31. The minimum atomic E-state index is 0.0307. The third kappa shape index (κ3) is 2.95. The van der Waals surface area contributed by atoms with Gasteiger partial charge >= 0.3 is 0 Å². The van der Waals surface area contributed by atoms with E-state index >= 15 is 0 Å². The Kier molecular flexibility index (Phi) is 4.11. The number of benzene rings is 1.